The van der Waals surface area contributed by atoms with E-state index in [0.717, 1.165) is 28.5 Å². The molecule has 1 fully saturated rings. The summed E-state index contributed by atoms with van der Waals surface area (Å²) in [6, 6.07) is 28.5. The highest BCUT2D eigenvalue weighted by Gasteiger charge is 2.51. The third-order valence-electron chi connectivity index (χ3n) is 10.2. The Kier molecular flexibility index (Phi) is 17.5. The number of nitrogens with zero attached hydrogens (tertiary/aromatic N) is 3. The van der Waals surface area contributed by atoms with E-state index in [-0.39, 0.29) is 43.4 Å². The first-order valence-electron chi connectivity index (χ1n) is 20.6. The van der Waals surface area contributed by atoms with E-state index in [2.05, 4.69) is 15.7 Å². The minimum Gasteiger partial charge on any atom is -0.497 e. The topological polar surface area (TPSA) is 164 Å². The summed E-state index contributed by atoms with van der Waals surface area (Å²) < 4.78 is 48.8. The van der Waals surface area contributed by atoms with Crippen molar-refractivity contribution in [2.45, 2.75) is 97.1 Å². The molecule has 0 bridgehead atoms. The third-order valence-corrected chi connectivity index (χ3v) is 13.5. The Morgan fingerprint density at radius 2 is 1.45 bits per heavy atom. The van der Waals surface area contributed by atoms with Gasteiger partial charge in [0.25, 0.3) is 14.1 Å². The van der Waals surface area contributed by atoms with Gasteiger partial charge in [-0.2, -0.15) is 5.26 Å². The van der Waals surface area contributed by atoms with E-state index < -0.39 is 55.3 Å². The molecule has 334 valence electrons. The zero-order valence-corrected chi connectivity index (χ0v) is 38.7. The molecule has 1 aliphatic rings. The van der Waals surface area contributed by atoms with Crippen molar-refractivity contribution in [1.29, 1.82) is 5.26 Å². The number of aromatic amines is 1. The predicted molar refractivity (Wildman–Crippen MR) is 240 cm³/mol. The summed E-state index contributed by atoms with van der Waals surface area (Å²) in [5.41, 5.74) is -0.677. The van der Waals surface area contributed by atoms with E-state index in [1.165, 1.54) is 16.8 Å². The van der Waals surface area contributed by atoms with Crippen LogP contribution < -0.4 is 20.7 Å². The summed E-state index contributed by atoms with van der Waals surface area (Å²) >= 11 is 1.16. The van der Waals surface area contributed by atoms with Crippen LogP contribution in [-0.2, 0) is 33.7 Å². The van der Waals surface area contributed by atoms with Crippen LogP contribution in [0.4, 0.5) is 0 Å². The molecule has 0 saturated carbocycles. The molecular formula is C46H59N4O10PS. The van der Waals surface area contributed by atoms with Gasteiger partial charge in [-0.05, 0) is 68.7 Å². The van der Waals surface area contributed by atoms with E-state index in [1.54, 1.807) is 14.2 Å². The summed E-state index contributed by atoms with van der Waals surface area (Å²) in [5.74, 6) is 1.65. The lowest BCUT2D eigenvalue weighted by molar-refractivity contribution is -0.117. The fourth-order valence-electron chi connectivity index (χ4n) is 7.21. The molecule has 0 aliphatic carbocycles. The Morgan fingerprint density at radius 1 is 0.871 bits per heavy atom. The number of hydrogen-bond acceptors (Lipinski definition) is 13. The maximum Gasteiger partial charge on any atom is 0.330 e. The normalized spacial score (nSPS) is 18.6. The predicted octanol–water partition coefficient (Wildman–Crippen LogP) is 7.81. The number of carbonyl (C=O) groups excluding carboxylic acids is 1. The maximum atomic E-state index is 13.5. The molecule has 14 nitrogen and oxygen atoms in total. The van der Waals surface area contributed by atoms with Crippen LogP contribution in [0.25, 0.3) is 0 Å². The fourth-order valence-corrected chi connectivity index (χ4v) is 9.78. The Balaban J connectivity index is 1.67. The van der Waals surface area contributed by atoms with Crippen LogP contribution in [0.5, 0.6) is 11.5 Å². The van der Waals surface area contributed by atoms with Crippen LogP contribution in [0.15, 0.2) is 101 Å². The van der Waals surface area contributed by atoms with Gasteiger partial charge in [0.15, 0.2) is 11.3 Å². The zero-order valence-electron chi connectivity index (χ0n) is 36.9. The van der Waals surface area contributed by atoms with Crippen LogP contribution in [-0.4, -0.2) is 89.5 Å². The number of hydrogen-bond donors (Lipinski definition) is 1. The van der Waals surface area contributed by atoms with E-state index in [9.17, 15) is 19.6 Å². The second-order valence-electron chi connectivity index (χ2n) is 16.2. The fraction of sp³-hybridized carbons (Fsp3) is 0.478. The average Bonchev–Trinajstić information content (AvgIpc) is 3.58. The highest BCUT2D eigenvalue weighted by Crippen LogP contribution is 2.51. The molecule has 62 heavy (non-hydrogen) atoms. The molecule has 1 aromatic heterocycles. The highest BCUT2D eigenvalue weighted by atomic mass is 32.2. The Bertz CT molecular complexity index is 2130. The zero-order chi connectivity index (χ0) is 45.0. The highest BCUT2D eigenvalue weighted by molar-refractivity contribution is 8.13. The molecular weight excluding hydrogens is 832 g/mol. The van der Waals surface area contributed by atoms with Crippen LogP contribution in [0, 0.1) is 16.7 Å². The van der Waals surface area contributed by atoms with Gasteiger partial charge in [0.05, 0.1) is 46.5 Å². The van der Waals surface area contributed by atoms with Gasteiger partial charge in [0, 0.05) is 35.5 Å². The van der Waals surface area contributed by atoms with Crippen molar-refractivity contribution in [2.24, 2.45) is 5.41 Å². The van der Waals surface area contributed by atoms with Crippen molar-refractivity contribution in [3.05, 3.63) is 129 Å². The van der Waals surface area contributed by atoms with Crippen LogP contribution in [0.1, 0.15) is 77.8 Å². The molecule has 5 rings (SSSR count). The summed E-state index contributed by atoms with van der Waals surface area (Å²) in [6.45, 7) is 13.8. The molecule has 16 heteroatoms. The van der Waals surface area contributed by atoms with Gasteiger partial charge in [0.1, 0.15) is 35.4 Å². The minimum atomic E-state index is -1.87. The molecule has 0 spiro atoms. The van der Waals surface area contributed by atoms with Crippen LogP contribution in [0.3, 0.4) is 0 Å². The van der Waals surface area contributed by atoms with Gasteiger partial charge in [-0.15, -0.1) is 0 Å². The summed E-state index contributed by atoms with van der Waals surface area (Å²) in [6.07, 6.45) is -2.45. The second-order valence-corrected chi connectivity index (χ2v) is 18.7. The number of nitriles is 1. The number of carbonyl (C=O) groups is 1. The monoisotopic (exact) mass is 890 g/mol. The molecule has 4 aromatic rings. The standard InChI is InChI=1S/C46H59N4O10PS/c1-31(2)50(32(3)4)61(58-27-13-25-47)60-40-38(59-42(49-26-24-39(51)48-44(49)53)41(40)56-28-29-62-43(52)45(5,6)7)30-57-46(33-14-11-10-12-15-33,34-16-20-36(54-8)21-17-34)35-18-22-37(55-9)23-19-35/h10-12,14-24,26,31-32,38,40-42H,13,27-30H2,1-9H3,(H,48,51,53)/t38-,40-,41-,42-,61?/m1/s1. The summed E-state index contributed by atoms with van der Waals surface area (Å²) in [5, 5.41) is 9.48. The quantitative estimate of drug-likeness (QED) is 0.0490. The minimum absolute atomic E-state index is 0.00416. The van der Waals surface area contributed by atoms with Crippen LogP contribution in [0.2, 0.25) is 0 Å². The van der Waals surface area contributed by atoms with Gasteiger partial charge in [0.2, 0.25) is 0 Å². The molecule has 5 atom stereocenters. The first-order chi connectivity index (χ1) is 29.6. The van der Waals surface area contributed by atoms with Gasteiger partial charge in [-0.25, -0.2) is 9.46 Å². The van der Waals surface area contributed by atoms with E-state index >= 15 is 0 Å². The molecule has 2 heterocycles. The van der Waals surface area contributed by atoms with E-state index in [0.29, 0.717) is 17.3 Å². The van der Waals surface area contributed by atoms with Gasteiger partial charge in [-0.1, -0.05) is 87.1 Å². The van der Waals surface area contributed by atoms with Crippen molar-refractivity contribution in [1.82, 2.24) is 14.2 Å². The van der Waals surface area contributed by atoms with Crippen molar-refractivity contribution in [3.63, 3.8) is 0 Å². The van der Waals surface area contributed by atoms with Gasteiger partial charge >= 0.3 is 5.69 Å². The Morgan fingerprint density at radius 3 is 1.97 bits per heavy atom. The number of aromatic nitrogens is 2. The SMILES string of the molecule is COc1ccc(C(OC[C@H]2O[C@@H](n3ccc(=O)[nH]c3=O)[C@H](OCCSC(=O)C(C)(C)C)[C@@H]2OP(OCCC#N)N(C(C)C)C(C)C)(c2ccccc2)c2ccc(OC)cc2)cc1. The molecule has 3 aromatic carbocycles. The first-order valence-corrected chi connectivity index (χ1v) is 22.8. The van der Waals surface area contributed by atoms with Crippen molar-refractivity contribution < 1.29 is 37.5 Å². The Labute approximate surface area is 369 Å². The Hall–Kier alpha value is -4.36. The van der Waals surface area contributed by atoms with Crippen molar-refractivity contribution >= 4 is 25.4 Å². The molecule has 1 N–H and O–H groups in total. The lowest BCUT2D eigenvalue weighted by Gasteiger charge is -2.39. The number of thioether (sulfide) groups is 1. The number of ether oxygens (including phenoxy) is 5. The van der Waals surface area contributed by atoms with E-state index in [4.69, 9.17) is 32.7 Å². The van der Waals surface area contributed by atoms with Crippen molar-refractivity contribution in [3.8, 4) is 17.6 Å². The number of H-pyrrole nitrogens is 1. The molecule has 1 saturated heterocycles. The molecule has 1 aliphatic heterocycles. The van der Waals surface area contributed by atoms with E-state index in [1.807, 2.05) is 127 Å². The molecule has 0 radical (unpaired) electrons. The molecule has 0 amide bonds. The maximum absolute atomic E-state index is 13.5. The first kappa shape index (κ1) is 48.7. The number of rotatable bonds is 21. The van der Waals surface area contributed by atoms with Gasteiger partial charge in [-0.3, -0.25) is 19.1 Å². The molecule has 1 unspecified atom stereocenters. The summed E-state index contributed by atoms with van der Waals surface area (Å²) in [4.78, 5) is 41.1. The van der Waals surface area contributed by atoms with Gasteiger partial charge < -0.3 is 32.7 Å². The summed E-state index contributed by atoms with van der Waals surface area (Å²) in [7, 11) is 1.35. The average molecular weight is 891 g/mol. The number of nitrogens with one attached hydrogen (secondary N) is 1. The smallest absolute Gasteiger partial charge is 0.330 e. The largest absolute Gasteiger partial charge is 0.497 e. The van der Waals surface area contributed by atoms with Crippen LogP contribution >= 0.6 is 20.3 Å². The number of methoxy groups -OCH3 is 2. The van der Waals surface area contributed by atoms with Crippen molar-refractivity contribution in [2.75, 3.05) is 39.8 Å². The lowest BCUT2D eigenvalue weighted by Crippen LogP contribution is -2.43. The lowest BCUT2D eigenvalue weighted by atomic mass is 9.80. The number of benzene rings is 3. The third kappa shape index (κ3) is 11.8. The second kappa shape index (κ2) is 22.3.